The van der Waals surface area contributed by atoms with Crippen LogP contribution in [-0.4, -0.2) is 14.9 Å². The van der Waals surface area contributed by atoms with Gasteiger partial charge in [0.25, 0.3) is 0 Å². The van der Waals surface area contributed by atoms with Crippen LogP contribution in [0.2, 0.25) is 0 Å². The molecule has 6 heteroatoms. The molecular weight excluding hydrogens is 149 g/mol. The van der Waals surface area contributed by atoms with Crippen molar-refractivity contribution in [3.05, 3.63) is 18.2 Å². The van der Waals surface area contributed by atoms with Crippen molar-refractivity contribution in [1.29, 1.82) is 0 Å². The Morgan fingerprint density at radius 1 is 1.50 bits per heavy atom. The van der Waals surface area contributed by atoms with Crippen LogP contribution < -0.4 is 0 Å². The lowest BCUT2D eigenvalue weighted by Gasteiger charge is -1.98. The van der Waals surface area contributed by atoms with Crippen molar-refractivity contribution >= 4 is 0 Å². The van der Waals surface area contributed by atoms with E-state index < -0.39 is 11.9 Å². The van der Waals surface area contributed by atoms with Crippen molar-refractivity contribution in [3.8, 4) is 0 Å². The fourth-order valence-electron chi connectivity index (χ4n) is 0.460. The zero-order valence-electron chi connectivity index (χ0n) is 4.63. The Bertz CT molecular complexity index is 229. The molecule has 56 valence electrons. The standard InChI is InChI=1S/C4H3F3N2O/c5-4(6,7)3-1-9(10)2-8-3/h1-2,10H. The predicted molar refractivity (Wildman–Crippen MR) is 24.4 cm³/mol. The molecule has 0 bridgehead atoms. The van der Waals surface area contributed by atoms with Crippen molar-refractivity contribution in [2.75, 3.05) is 0 Å². The van der Waals surface area contributed by atoms with Crippen LogP contribution >= 0.6 is 0 Å². The first kappa shape index (κ1) is 6.91. The van der Waals surface area contributed by atoms with Gasteiger partial charge in [0.1, 0.15) is 6.33 Å². The summed E-state index contributed by atoms with van der Waals surface area (Å²) in [6.07, 6.45) is -3.32. The predicted octanol–water partition coefficient (Wildman–Crippen LogP) is 1.14. The molecule has 1 N–H and O–H groups in total. The highest BCUT2D eigenvalue weighted by atomic mass is 19.4. The number of aromatic nitrogens is 2. The lowest BCUT2D eigenvalue weighted by molar-refractivity contribution is -0.141. The van der Waals surface area contributed by atoms with Gasteiger partial charge in [-0.2, -0.15) is 17.9 Å². The molecule has 1 heterocycles. The van der Waals surface area contributed by atoms with Gasteiger partial charge >= 0.3 is 6.18 Å². The van der Waals surface area contributed by atoms with Gasteiger partial charge in [0.15, 0.2) is 5.69 Å². The maximum Gasteiger partial charge on any atom is 0.435 e. The quantitative estimate of drug-likeness (QED) is 0.566. The summed E-state index contributed by atoms with van der Waals surface area (Å²) in [6, 6.07) is 0. The molecule has 0 aliphatic heterocycles. The van der Waals surface area contributed by atoms with E-state index in [9.17, 15) is 13.2 Å². The fourth-order valence-corrected chi connectivity index (χ4v) is 0.460. The molecule has 3 nitrogen and oxygen atoms in total. The summed E-state index contributed by atoms with van der Waals surface area (Å²) in [5.41, 5.74) is -1.10. The average Bonchev–Trinajstić information content (AvgIpc) is 2.11. The molecule has 0 saturated carbocycles. The van der Waals surface area contributed by atoms with E-state index in [-0.39, 0.29) is 4.73 Å². The van der Waals surface area contributed by atoms with Gasteiger partial charge in [-0.3, -0.25) is 0 Å². The molecule has 1 aromatic rings. The first-order valence-electron chi connectivity index (χ1n) is 2.30. The maximum atomic E-state index is 11.6. The highest BCUT2D eigenvalue weighted by Gasteiger charge is 2.33. The van der Waals surface area contributed by atoms with E-state index >= 15 is 0 Å². The Labute approximate surface area is 53.7 Å². The zero-order chi connectivity index (χ0) is 7.78. The van der Waals surface area contributed by atoms with Crippen LogP contribution in [0.4, 0.5) is 13.2 Å². The van der Waals surface area contributed by atoms with Gasteiger partial charge in [0, 0.05) is 0 Å². The zero-order valence-corrected chi connectivity index (χ0v) is 4.63. The summed E-state index contributed by atoms with van der Waals surface area (Å²) in [4.78, 5) is 2.88. The topological polar surface area (TPSA) is 38.0 Å². The molecule has 0 spiro atoms. The summed E-state index contributed by atoms with van der Waals surface area (Å²) in [5.74, 6) is 0. The fraction of sp³-hybridized carbons (Fsp3) is 0.250. The number of rotatable bonds is 0. The molecule has 0 aliphatic rings. The lowest BCUT2D eigenvalue weighted by Crippen LogP contribution is -2.04. The molecule has 0 atom stereocenters. The van der Waals surface area contributed by atoms with Crippen molar-refractivity contribution in [2.45, 2.75) is 6.18 Å². The molecule has 0 unspecified atom stereocenters. The second-order valence-corrected chi connectivity index (χ2v) is 1.64. The van der Waals surface area contributed by atoms with E-state index in [0.717, 1.165) is 0 Å². The van der Waals surface area contributed by atoms with E-state index in [1.54, 1.807) is 0 Å². The van der Waals surface area contributed by atoms with Crippen LogP contribution in [0.25, 0.3) is 0 Å². The molecule has 0 amide bonds. The summed E-state index contributed by atoms with van der Waals surface area (Å²) < 4.78 is 35.1. The van der Waals surface area contributed by atoms with Gasteiger partial charge < -0.3 is 5.21 Å². The van der Waals surface area contributed by atoms with Crippen LogP contribution in [-0.2, 0) is 6.18 Å². The number of alkyl halides is 3. The number of hydrogen-bond donors (Lipinski definition) is 1. The lowest BCUT2D eigenvalue weighted by atomic mass is 10.5. The van der Waals surface area contributed by atoms with Crippen LogP contribution in [0.3, 0.4) is 0 Å². The summed E-state index contributed by atoms with van der Waals surface area (Å²) in [5, 5.41) is 8.37. The largest absolute Gasteiger partial charge is 0.435 e. The second-order valence-electron chi connectivity index (χ2n) is 1.64. The number of hydrogen-bond acceptors (Lipinski definition) is 2. The van der Waals surface area contributed by atoms with Gasteiger partial charge in [-0.1, -0.05) is 0 Å². The summed E-state index contributed by atoms with van der Waals surface area (Å²) >= 11 is 0. The molecule has 1 rings (SSSR count). The van der Waals surface area contributed by atoms with E-state index in [4.69, 9.17) is 5.21 Å². The molecule has 0 fully saturated rings. The maximum absolute atomic E-state index is 11.6. The van der Waals surface area contributed by atoms with Crippen LogP contribution in [0.15, 0.2) is 12.5 Å². The minimum absolute atomic E-state index is 0.253. The highest BCUT2D eigenvalue weighted by Crippen LogP contribution is 2.26. The summed E-state index contributed by atoms with van der Waals surface area (Å²) in [6.45, 7) is 0. The Hall–Kier alpha value is -1.20. The third-order valence-electron chi connectivity index (χ3n) is 0.860. The van der Waals surface area contributed by atoms with Crippen molar-refractivity contribution in [3.63, 3.8) is 0 Å². The molecular formula is C4H3F3N2O. The van der Waals surface area contributed by atoms with Crippen LogP contribution in [0.1, 0.15) is 5.69 Å². The normalized spacial score (nSPS) is 11.9. The van der Waals surface area contributed by atoms with E-state index in [0.29, 0.717) is 12.5 Å². The first-order chi connectivity index (χ1) is 4.50. The Balaban J connectivity index is 2.96. The number of nitrogens with zero attached hydrogens (tertiary/aromatic N) is 2. The average molecular weight is 152 g/mol. The Morgan fingerprint density at radius 3 is 2.30 bits per heavy atom. The first-order valence-corrected chi connectivity index (χ1v) is 2.30. The second kappa shape index (κ2) is 1.89. The Morgan fingerprint density at radius 2 is 2.10 bits per heavy atom. The highest BCUT2D eigenvalue weighted by molar-refractivity contribution is 4.99. The van der Waals surface area contributed by atoms with Crippen molar-refractivity contribution in [2.24, 2.45) is 0 Å². The summed E-state index contributed by atoms with van der Waals surface area (Å²) in [7, 11) is 0. The molecule has 0 saturated heterocycles. The van der Waals surface area contributed by atoms with E-state index in [1.807, 2.05) is 0 Å². The van der Waals surface area contributed by atoms with Gasteiger partial charge in [-0.05, 0) is 0 Å². The van der Waals surface area contributed by atoms with E-state index in [2.05, 4.69) is 4.98 Å². The van der Waals surface area contributed by atoms with Crippen molar-refractivity contribution in [1.82, 2.24) is 9.71 Å². The van der Waals surface area contributed by atoms with E-state index in [1.165, 1.54) is 0 Å². The molecule has 0 aliphatic carbocycles. The van der Waals surface area contributed by atoms with Gasteiger partial charge in [0.2, 0.25) is 0 Å². The SMILES string of the molecule is On1cnc(C(F)(F)F)c1. The molecule has 0 radical (unpaired) electrons. The van der Waals surface area contributed by atoms with Crippen molar-refractivity contribution < 1.29 is 18.4 Å². The number of imidazole rings is 1. The van der Waals surface area contributed by atoms with Gasteiger partial charge in [-0.25, -0.2) is 4.98 Å². The Kier molecular flexibility index (Phi) is 1.31. The van der Waals surface area contributed by atoms with Gasteiger partial charge in [-0.15, -0.1) is 0 Å². The number of halogens is 3. The minimum Gasteiger partial charge on any atom is -0.427 e. The molecule has 10 heavy (non-hydrogen) atoms. The molecule has 1 aromatic heterocycles. The monoisotopic (exact) mass is 152 g/mol. The third-order valence-corrected chi connectivity index (χ3v) is 0.860. The third kappa shape index (κ3) is 1.20. The van der Waals surface area contributed by atoms with Crippen LogP contribution in [0, 0.1) is 0 Å². The molecule has 0 aromatic carbocycles. The smallest absolute Gasteiger partial charge is 0.427 e. The minimum atomic E-state index is -4.48. The van der Waals surface area contributed by atoms with Gasteiger partial charge in [0.05, 0.1) is 6.20 Å². The van der Waals surface area contributed by atoms with Crippen LogP contribution in [0.5, 0.6) is 0 Å².